The van der Waals surface area contributed by atoms with Gasteiger partial charge in [-0.25, -0.2) is 0 Å². The first-order chi connectivity index (χ1) is 11.6. The normalized spacial score (nSPS) is 26.6. The van der Waals surface area contributed by atoms with Crippen molar-refractivity contribution in [2.75, 3.05) is 13.2 Å². The van der Waals surface area contributed by atoms with Crippen LogP contribution in [0.2, 0.25) is 0 Å². The fourth-order valence-corrected chi connectivity index (χ4v) is 4.42. The van der Waals surface area contributed by atoms with Crippen molar-refractivity contribution in [3.8, 4) is 0 Å². The van der Waals surface area contributed by atoms with E-state index in [-0.39, 0.29) is 24.1 Å². The largest absolute Gasteiger partial charge is 0.374 e. The minimum absolute atomic E-state index is 0.0905. The predicted molar refractivity (Wildman–Crippen MR) is 92.2 cm³/mol. The predicted octanol–water partition coefficient (Wildman–Crippen LogP) is 2.69. The fraction of sp³-hybridized carbons (Fsp3) is 0.526. The van der Waals surface area contributed by atoms with Gasteiger partial charge in [0, 0.05) is 37.8 Å². The molecule has 128 valence electrons. The van der Waals surface area contributed by atoms with E-state index in [2.05, 4.69) is 30.5 Å². The molecule has 24 heavy (non-hydrogen) atoms. The highest BCUT2D eigenvalue weighted by Gasteiger charge is 2.47. The number of rotatable bonds is 2. The maximum atomic E-state index is 13.1. The van der Waals surface area contributed by atoms with Crippen LogP contribution in [-0.4, -0.2) is 45.2 Å². The summed E-state index contributed by atoms with van der Waals surface area (Å²) in [7, 11) is 1.93. The molecule has 2 aliphatic rings. The first kappa shape index (κ1) is 15.5. The Morgan fingerprint density at radius 2 is 1.92 bits per heavy atom. The lowest BCUT2D eigenvalue weighted by Gasteiger charge is -2.33. The molecule has 0 spiro atoms. The van der Waals surface area contributed by atoms with Crippen LogP contribution in [-0.2, 0) is 11.8 Å². The zero-order valence-electron chi connectivity index (χ0n) is 14.6. The summed E-state index contributed by atoms with van der Waals surface area (Å²) in [5.74, 6) is 0.118. The van der Waals surface area contributed by atoms with Gasteiger partial charge in [0.2, 0.25) is 0 Å². The van der Waals surface area contributed by atoms with Crippen molar-refractivity contribution < 1.29 is 9.53 Å². The molecule has 5 heteroatoms. The number of carbonyl (C=O) groups is 1. The van der Waals surface area contributed by atoms with Crippen molar-refractivity contribution in [3.05, 3.63) is 47.5 Å². The molecule has 2 aromatic rings. The molecule has 2 aromatic heterocycles. The van der Waals surface area contributed by atoms with Gasteiger partial charge in [0.25, 0.3) is 5.91 Å². The number of hydrogen-bond donors (Lipinski definition) is 0. The second-order valence-electron chi connectivity index (χ2n) is 7.06. The van der Waals surface area contributed by atoms with E-state index in [4.69, 9.17) is 4.74 Å². The Labute approximate surface area is 142 Å². The molecule has 4 rings (SSSR count). The van der Waals surface area contributed by atoms with Crippen LogP contribution >= 0.6 is 0 Å². The Morgan fingerprint density at radius 3 is 2.58 bits per heavy atom. The summed E-state index contributed by atoms with van der Waals surface area (Å²) in [6, 6.07) is 8.50. The van der Waals surface area contributed by atoms with E-state index >= 15 is 0 Å². The van der Waals surface area contributed by atoms with Crippen molar-refractivity contribution in [1.82, 2.24) is 14.0 Å². The lowest BCUT2D eigenvalue weighted by Crippen LogP contribution is -2.43. The number of aryl methyl sites for hydroxylation is 3. The number of nitrogens with zero attached hydrogens (tertiary/aromatic N) is 3. The van der Waals surface area contributed by atoms with Crippen molar-refractivity contribution >= 4 is 5.91 Å². The van der Waals surface area contributed by atoms with Gasteiger partial charge in [-0.05, 0) is 51.0 Å². The number of ether oxygens (including phenoxy) is 1. The lowest BCUT2D eigenvalue weighted by molar-refractivity contribution is -0.0236. The molecule has 4 heterocycles. The molecule has 0 N–H and O–H groups in total. The van der Waals surface area contributed by atoms with Crippen LogP contribution in [0.25, 0.3) is 0 Å². The van der Waals surface area contributed by atoms with E-state index in [0.29, 0.717) is 0 Å². The van der Waals surface area contributed by atoms with E-state index in [1.807, 2.05) is 34.8 Å². The second-order valence-corrected chi connectivity index (χ2v) is 7.06. The van der Waals surface area contributed by atoms with Gasteiger partial charge in [0.1, 0.15) is 11.8 Å². The fourth-order valence-electron chi connectivity index (χ4n) is 4.42. The Hall–Kier alpha value is -2.01. The molecule has 0 bridgehead atoms. The highest BCUT2D eigenvalue weighted by Crippen LogP contribution is 2.38. The molecule has 0 aliphatic carbocycles. The van der Waals surface area contributed by atoms with Crippen molar-refractivity contribution in [2.24, 2.45) is 7.05 Å². The second kappa shape index (κ2) is 5.81. The first-order valence-electron chi connectivity index (χ1n) is 8.76. The molecule has 2 saturated heterocycles. The quantitative estimate of drug-likeness (QED) is 0.851. The van der Waals surface area contributed by atoms with Gasteiger partial charge in [0.05, 0.1) is 12.1 Å². The molecule has 0 saturated carbocycles. The number of fused-ring (bicyclic) bond motifs is 1. The molecule has 2 aliphatic heterocycles. The number of amides is 1. The van der Waals surface area contributed by atoms with E-state index in [1.54, 1.807) is 0 Å². The maximum absolute atomic E-state index is 13.1. The van der Waals surface area contributed by atoms with Gasteiger partial charge in [-0.3, -0.25) is 4.79 Å². The van der Waals surface area contributed by atoms with Gasteiger partial charge in [-0.1, -0.05) is 0 Å². The van der Waals surface area contributed by atoms with E-state index in [1.165, 1.54) is 11.4 Å². The first-order valence-corrected chi connectivity index (χ1v) is 8.76. The van der Waals surface area contributed by atoms with Gasteiger partial charge in [0.15, 0.2) is 0 Å². The number of aromatic nitrogens is 2. The summed E-state index contributed by atoms with van der Waals surface area (Å²) >= 11 is 0. The zero-order chi connectivity index (χ0) is 16.8. The third-order valence-corrected chi connectivity index (χ3v) is 5.58. The summed E-state index contributed by atoms with van der Waals surface area (Å²) < 4.78 is 10.4. The molecule has 0 radical (unpaired) electrons. The SMILES string of the molecule is Cc1ccc(C)n1[C@H]1CN(C(=O)c2cccn2C)[C@H]2CCCO[C@H]21. The standard InChI is InChI=1S/C19H25N3O2/c1-13-8-9-14(2)22(13)17-12-21(15-7-5-11-24-18(15)17)19(23)16-6-4-10-20(16)3/h4,6,8-10,15,17-18H,5,7,11-12H2,1-3H3/t15-,17-,18+/m0/s1. The average molecular weight is 327 g/mol. The van der Waals surface area contributed by atoms with Crippen LogP contribution in [0, 0.1) is 13.8 Å². The Bertz CT molecular complexity index is 741. The molecule has 0 aromatic carbocycles. The van der Waals surface area contributed by atoms with Crippen LogP contribution < -0.4 is 0 Å². The van der Waals surface area contributed by atoms with Crippen LogP contribution in [0.3, 0.4) is 0 Å². The lowest BCUT2D eigenvalue weighted by atomic mass is 10.0. The summed E-state index contributed by atoms with van der Waals surface area (Å²) in [6.07, 6.45) is 4.06. The third kappa shape index (κ3) is 2.30. The van der Waals surface area contributed by atoms with Crippen LogP contribution in [0.5, 0.6) is 0 Å². The van der Waals surface area contributed by atoms with Crippen LogP contribution in [0.4, 0.5) is 0 Å². The minimum atomic E-state index is 0.0905. The van der Waals surface area contributed by atoms with Crippen molar-refractivity contribution in [3.63, 3.8) is 0 Å². The highest BCUT2D eigenvalue weighted by atomic mass is 16.5. The van der Waals surface area contributed by atoms with Crippen LogP contribution in [0.15, 0.2) is 30.5 Å². The van der Waals surface area contributed by atoms with Crippen LogP contribution in [0.1, 0.15) is 40.8 Å². The Kier molecular flexibility index (Phi) is 3.76. The smallest absolute Gasteiger partial charge is 0.270 e. The third-order valence-electron chi connectivity index (χ3n) is 5.58. The zero-order valence-corrected chi connectivity index (χ0v) is 14.6. The summed E-state index contributed by atoms with van der Waals surface area (Å²) in [5, 5.41) is 0. The summed E-state index contributed by atoms with van der Waals surface area (Å²) in [5.41, 5.74) is 3.22. The molecule has 1 amide bonds. The van der Waals surface area contributed by atoms with Gasteiger partial charge in [-0.2, -0.15) is 0 Å². The number of hydrogen-bond acceptors (Lipinski definition) is 2. The van der Waals surface area contributed by atoms with Gasteiger partial charge in [-0.15, -0.1) is 0 Å². The molecule has 3 atom stereocenters. The van der Waals surface area contributed by atoms with Gasteiger partial charge < -0.3 is 18.8 Å². The number of likely N-dealkylation sites (tertiary alicyclic amines) is 1. The average Bonchev–Trinajstić information content (AvgIpc) is 3.25. The molecular weight excluding hydrogens is 302 g/mol. The van der Waals surface area contributed by atoms with E-state index in [0.717, 1.165) is 31.7 Å². The Morgan fingerprint density at radius 1 is 1.17 bits per heavy atom. The maximum Gasteiger partial charge on any atom is 0.270 e. The van der Waals surface area contributed by atoms with E-state index in [9.17, 15) is 4.79 Å². The van der Waals surface area contributed by atoms with Crippen molar-refractivity contribution in [1.29, 1.82) is 0 Å². The Balaban J connectivity index is 1.69. The summed E-state index contributed by atoms with van der Waals surface area (Å²) in [6.45, 7) is 5.78. The monoisotopic (exact) mass is 327 g/mol. The minimum Gasteiger partial charge on any atom is -0.374 e. The van der Waals surface area contributed by atoms with E-state index < -0.39 is 0 Å². The van der Waals surface area contributed by atoms with Crippen molar-refractivity contribution in [2.45, 2.75) is 44.9 Å². The molecular formula is C19H25N3O2. The highest BCUT2D eigenvalue weighted by molar-refractivity contribution is 5.93. The summed E-state index contributed by atoms with van der Waals surface area (Å²) in [4.78, 5) is 15.2. The molecule has 5 nitrogen and oxygen atoms in total. The number of carbonyl (C=O) groups excluding carboxylic acids is 1. The molecule has 0 unspecified atom stereocenters. The topological polar surface area (TPSA) is 39.4 Å². The molecule has 2 fully saturated rings. The van der Waals surface area contributed by atoms with Gasteiger partial charge >= 0.3 is 0 Å².